The van der Waals surface area contributed by atoms with Crippen LogP contribution in [0.2, 0.25) is 0 Å². The maximum Gasteiger partial charge on any atom is 0.0575 e. The highest BCUT2D eigenvalue weighted by Crippen LogP contribution is 2.19. The van der Waals surface area contributed by atoms with E-state index in [-0.39, 0.29) is 0 Å². The molecule has 1 fully saturated rings. The zero-order valence-corrected chi connectivity index (χ0v) is 13.3. The Kier molecular flexibility index (Phi) is 10.5. The van der Waals surface area contributed by atoms with Crippen LogP contribution in [-0.2, 0) is 4.74 Å². The molecule has 0 bridgehead atoms. The van der Waals surface area contributed by atoms with Crippen LogP contribution < -0.4 is 5.32 Å². The van der Waals surface area contributed by atoms with Gasteiger partial charge in [-0.25, -0.2) is 0 Å². The fourth-order valence-corrected chi connectivity index (χ4v) is 3.05. The first-order valence-electron chi connectivity index (χ1n) is 8.71. The molecule has 0 aromatic rings. The van der Waals surface area contributed by atoms with Crippen molar-refractivity contribution in [2.45, 2.75) is 96.6 Å². The highest BCUT2D eigenvalue weighted by molar-refractivity contribution is 4.71. The summed E-state index contributed by atoms with van der Waals surface area (Å²) in [6, 6.07) is 0.720. The van der Waals surface area contributed by atoms with Crippen LogP contribution in [0, 0.1) is 0 Å². The van der Waals surface area contributed by atoms with E-state index in [9.17, 15) is 0 Å². The van der Waals surface area contributed by atoms with Crippen LogP contribution in [0.15, 0.2) is 0 Å². The molecule has 2 nitrogen and oxygen atoms in total. The smallest absolute Gasteiger partial charge is 0.0575 e. The summed E-state index contributed by atoms with van der Waals surface area (Å²) in [5, 5.41) is 3.66. The molecule has 1 N–H and O–H groups in total. The molecule has 1 aliphatic heterocycles. The Balaban J connectivity index is 2.08. The molecule has 19 heavy (non-hydrogen) atoms. The number of unbranched alkanes of at least 4 members (excludes halogenated alkanes) is 4. The van der Waals surface area contributed by atoms with Crippen molar-refractivity contribution >= 4 is 0 Å². The van der Waals surface area contributed by atoms with E-state index in [1.165, 1.54) is 70.6 Å². The van der Waals surface area contributed by atoms with Gasteiger partial charge in [-0.1, -0.05) is 46.0 Å². The maximum atomic E-state index is 5.84. The minimum Gasteiger partial charge on any atom is -0.378 e. The van der Waals surface area contributed by atoms with E-state index in [1.807, 2.05) is 0 Å². The van der Waals surface area contributed by atoms with E-state index in [0.717, 1.165) is 19.2 Å². The largest absolute Gasteiger partial charge is 0.378 e. The molecule has 0 aromatic heterocycles. The summed E-state index contributed by atoms with van der Waals surface area (Å²) in [5.74, 6) is 0. The molecule has 1 saturated heterocycles. The third-order valence-electron chi connectivity index (χ3n) is 4.26. The van der Waals surface area contributed by atoms with Crippen molar-refractivity contribution in [2.24, 2.45) is 0 Å². The van der Waals surface area contributed by atoms with E-state index >= 15 is 0 Å². The van der Waals surface area contributed by atoms with Crippen LogP contribution >= 0.6 is 0 Å². The molecule has 0 aromatic carbocycles. The van der Waals surface area contributed by atoms with Gasteiger partial charge in [-0.05, 0) is 45.1 Å². The van der Waals surface area contributed by atoms with Crippen molar-refractivity contribution in [1.29, 1.82) is 0 Å². The fourth-order valence-electron chi connectivity index (χ4n) is 3.05. The first-order valence-corrected chi connectivity index (χ1v) is 8.71. The van der Waals surface area contributed by atoms with Gasteiger partial charge in [0.25, 0.3) is 0 Å². The van der Waals surface area contributed by atoms with E-state index in [0.29, 0.717) is 6.10 Å². The Morgan fingerprint density at radius 2 is 1.89 bits per heavy atom. The van der Waals surface area contributed by atoms with Gasteiger partial charge in [0, 0.05) is 12.6 Å². The first-order chi connectivity index (χ1) is 9.36. The summed E-state index contributed by atoms with van der Waals surface area (Å²) in [5.41, 5.74) is 0. The number of hydrogen-bond acceptors (Lipinski definition) is 2. The normalized spacial score (nSPS) is 21.5. The van der Waals surface area contributed by atoms with Gasteiger partial charge in [-0.15, -0.1) is 0 Å². The average Bonchev–Trinajstić information content (AvgIpc) is 2.45. The SMILES string of the molecule is CCCCCCCC(CCC1CCCCO1)NCC. The molecule has 2 heteroatoms. The standard InChI is InChI=1S/C17H35NO/c1-3-5-6-7-8-11-16(18-4-2)13-14-17-12-9-10-15-19-17/h16-18H,3-15H2,1-2H3. The summed E-state index contributed by atoms with van der Waals surface area (Å²) < 4.78 is 5.84. The molecule has 0 saturated carbocycles. The van der Waals surface area contributed by atoms with Gasteiger partial charge in [-0.3, -0.25) is 0 Å². The van der Waals surface area contributed by atoms with Gasteiger partial charge in [0.1, 0.15) is 0 Å². The molecule has 2 atom stereocenters. The lowest BCUT2D eigenvalue weighted by Gasteiger charge is -2.25. The van der Waals surface area contributed by atoms with Gasteiger partial charge >= 0.3 is 0 Å². The van der Waals surface area contributed by atoms with Gasteiger partial charge in [0.05, 0.1) is 6.10 Å². The molecular formula is C17H35NO. The highest BCUT2D eigenvalue weighted by Gasteiger charge is 2.16. The summed E-state index contributed by atoms with van der Waals surface area (Å²) in [6.45, 7) is 6.60. The quantitative estimate of drug-likeness (QED) is 0.550. The Bertz CT molecular complexity index is 190. The average molecular weight is 269 g/mol. The number of rotatable bonds is 11. The van der Waals surface area contributed by atoms with Crippen LogP contribution in [0.5, 0.6) is 0 Å². The summed E-state index contributed by atoms with van der Waals surface area (Å²) >= 11 is 0. The second kappa shape index (κ2) is 11.7. The van der Waals surface area contributed by atoms with E-state index in [2.05, 4.69) is 19.2 Å². The molecule has 0 radical (unpaired) electrons. The molecule has 2 unspecified atom stereocenters. The molecule has 1 rings (SSSR count). The molecule has 114 valence electrons. The van der Waals surface area contributed by atoms with Crippen LogP contribution in [0.1, 0.15) is 84.5 Å². The van der Waals surface area contributed by atoms with Gasteiger partial charge in [-0.2, -0.15) is 0 Å². The lowest BCUT2D eigenvalue weighted by Crippen LogP contribution is -2.31. The minimum atomic E-state index is 0.551. The molecule has 1 heterocycles. The van der Waals surface area contributed by atoms with E-state index < -0.39 is 0 Å². The molecule has 0 aliphatic carbocycles. The van der Waals surface area contributed by atoms with Crippen molar-refractivity contribution < 1.29 is 4.74 Å². The summed E-state index contributed by atoms with van der Waals surface area (Å²) in [6.07, 6.45) is 15.4. The predicted octanol–water partition coefficient (Wildman–Crippen LogP) is 4.67. The first kappa shape index (κ1) is 17.0. The van der Waals surface area contributed by atoms with Crippen molar-refractivity contribution in [2.75, 3.05) is 13.2 Å². The Morgan fingerprint density at radius 1 is 1.05 bits per heavy atom. The van der Waals surface area contributed by atoms with E-state index in [1.54, 1.807) is 0 Å². The van der Waals surface area contributed by atoms with Crippen molar-refractivity contribution in [3.05, 3.63) is 0 Å². The third kappa shape index (κ3) is 8.65. The van der Waals surface area contributed by atoms with E-state index in [4.69, 9.17) is 4.74 Å². The Hall–Kier alpha value is -0.0800. The lowest BCUT2D eigenvalue weighted by atomic mass is 9.98. The maximum absolute atomic E-state index is 5.84. The van der Waals surface area contributed by atoms with Crippen molar-refractivity contribution in [3.63, 3.8) is 0 Å². The van der Waals surface area contributed by atoms with Crippen LogP contribution in [0.25, 0.3) is 0 Å². The fraction of sp³-hybridized carbons (Fsp3) is 1.00. The minimum absolute atomic E-state index is 0.551. The third-order valence-corrected chi connectivity index (χ3v) is 4.26. The topological polar surface area (TPSA) is 21.3 Å². The second-order valence-corrected chi connectivity index (χ2v) is 6.02. The van der Waals surface area contributed by atoms with Crippen LogP contribution in [-0.4, -0.2) is 25.3 Å². The zero-order valence-electron chi connectivity index (χ0n) is 13.3. The molecule has 0 spiro atoms. The Labute approximate surface area is 120 Å². The van der Waals surface area contributed by atoms with Crippen LogP contribution in [0.3, 0.4) is 0 Å². The number of nitrogens with one attached hydrogen (secondary N) is 1. The van der Waals surface area contributed by atoms with Crippen molar-refractivity contribution in [3.8, 4) is 0 Å². The molecule has 0 amide bonds. The highest BCUT2D eigenvalue weighted by atomic mass is 16.5. The van der Waals surface area contributed by atoms with Crippen molar-refractivity contribution in [1.82, 2.24) is 5.32 Å². The lowest BCUT2D eigenvalue weighted by molar-refractivity contribution is 0.00843. The summed E-state index contributed by atoms with van der Waals surface area (Å²) in [4.78, 5) is 0. The molecular weight excluding hydrogens is 234 g/mol. The van der Waals surface area contributed by atoms with Gasteiger partial charge in [0.15, 0.2) is 0 Å². The molecule has 1 aliphatic rings. The zero-order chi connectivity index (χ0) is 13.8. The Morgan fingerprint density at radius 3 is 2.58 bits per heavy atom. The number of hydrogen-bond donors (Lipinski definition) is 1. The van der Waals surface area contributed by atoms with Gasteiger partial charge < -0.3 is 10.1 Å². The second-order valence-electron chi connectivity index (χ2n) is 6.02. The van der Waals surface area contributed by atoms with Gasteiger partial charge in [0.2, 0.25) is 0 Å². The number of ether oxygens (including phenoxy) is 1. The predicted molar refractivity (Wildman–Crippen MR) is 83.7 cm³/mol. The summed E-state index contributed by atoms with van der Waals surface area (Å²) in [7, 11) is 0. The monoisotopic (exact) mass is 269 g/mol. The van der Waals surface area contributed by atoms with Crippen LogP contribution in [0.4, 0.5) is 0 Å².